The number of hydrogen-bond donors (Lipinski definition) is 1. The molecule has 8 heteroatoms. The van der Waals surface area contributed by atoms with Gasteiger partial charge >= 0.3 is 5.69 Å². The summed E-state index contributed by atoms with van der Waals surface area (Å²) in [4.78, 5) is 39.3. The summed E-state index contributed by atoms with van der Waals surface area (Å²) in [5.74, 6) is 0.179. The minimum atomic E-state index is -0.313. The van der Waals surface area contributed by atoms with Gasteiger partial charge in [-0.3, -0.25) is 14.2 Å². The number of aryl methyl sites for hydroxylation is 2. The number of carbonyl (C=O) groups is 1. The number of benzene rings is 2. The minimum absolute atomic E-state index is 0.0773. The van der Waals surface area contributed by atoms with Gasteiger partial charge in [0.15, 0.2) is 0 Å². The van der Waals surface area contributed by atoms with E-state index in [1.807, 2.05) is 31.2 Å². The fourth-order valence-corrected chi connectivity index (χ4v) is 4.80. The molecule has 0 aliphatic heterocycles. The summed E-state index contributed by atoms with van der Waals surface area (Å²) in [5.41, 5.74) is 2.04. The average molecular weight is 460 g/mol. The molecule has 1 amide bonds. The van der Waals surface area contributed by atoms with Crippen molar-refractivity contribution in [3.05, 3.63) is 80.5 Å². The normalized spacial score (nSPS) is 14.6. The third-order valence-corrected chi connectivity index (χ3v) is 6.67. The molecule has 0 atom stereocenters. The highest BCUT2D eigenvalue weighted by Crippen LogP contribution is 2.17. The molecule has 5 rings (SSSR count). The van der Waals surface area contributed by atoms with Gasteiger partial charge in [-0.05, 0) is 37.5 Å². The highest BCUT2D eigenvalue weighted by atomic mass is 16.2. The number of rotatable bonds is 6. The van der Waals surface area contributed by atoms with Crippen LogP contribution in [-0.4, -0.2) is 30.7 Å². The Morgan fingerprint density at radius 2 is 1.76 bits per heavy atom. The molecule has 0 unspecified atom stereocenters. The van der Waals surface area contributed by atoms with Gasteiger partial charge in [0.05, 0.1) is 17.4 Å². The van der Waals surface area contributed by atoms with E-state index in [2.05, 4.69) is 10.4 Å². The molecule has 34 heavy (non-hydrogen) atoms. The minimum Gasteiger partial charge on any atom is -0.353 e. The SMILES string of the molecule is Cc1ccc(Cn2nc3n(CCC(=O)NC4CCCCC4)c(=O)c4ccccc4n3c2=O)cc1. The monoisotopic (exact) mass is 459 g/mol. The fraction of sp³-hybridized carbons (Fsp3) is 0.385. The molecule has 1 saturated carbocycles. The molecule has 0 bridgehead atoms. The van der Waals surface area contributed by atoms with Gasteiger partial charge in [0, 0.05) is 19.0 Å². The van der Waals surface area contributed by atoms with Crippen molar-refractivity contribution in [2.45, 2.75) is 64.6 Å². The zero-order chi connectivity index (χ0) is 23.7. The summed E-state index contributed by atoms with van der Waals surface area (Å²) in [5, 5.41) is 8.06. The van der Waals surface area contributed by atoms with Crippen molar-refractivity contribution >= 4 is 22.6 Å². The van der Waals surface area contributed by atoms with Crippen molar-refractivity contribution in [1.29, 1.82) is 0 Å². The zero-order valence-corrected chi connectivity index (χ0v) is 19.4. The van der Waals surface area contributed by atoms with Crippen molar-refractivity contribution < 1.29 is 4.79 Å². The maximum absolute atomic E-state index is 13.3. The van der Waals surface area contributed by atoms with Crippen LogP contribution in [0, 0.1) is 6.92 Å². The number of nitrogens with zero attached hydrogens (tertiary/aromatic N) is 4. The molecule has 0 radical (unpaired) electrons. The topological polar surface area (TPSA) is 90.4 Å². The Hall–Kier alpha value is -3.68. The van der Waals surface area contributed by atoms with Gasteiger partial charge in [-0.1, -0.05) is 61.2 Å². The zero-order valence-electron chi connectivity index (χ0n) is 19.4. The lowest BCUT2D eigenvalue weighted by Crippen LogP contribution is -2.37. The maximum atomic E-state index is 13.3. The number of amides is 1. The molecule has 1 aliphatic carbocycles. The molecule has 0 spiro atoms. The van der Waals surface area contributed by atoms with Gasteiger partial charge in [-0.15, -0.1) is 5.10 Å². The molecule has 0 saturated heterocycles. The molecule has 2 aromatic heterocycles. The number of fused-ring (bicyclic) bond motifs is 3. The van der Waals surface area contributed by atoms with Crippen LogP contribution in [0.15, 0.2) is 58.1 Å². The van der Waals surface area contributed by atoms with E-state index in [0.29, 0.717) is 17.4 Å². The van der Waals surface area contributed by atoms with Crippen LogP contribution in [0.3, 0.4) is 0 Å². The Kier molecular flexibility index (Phi) is 6.04. The van der Waals surface area contributed by atoms with Gasteiger partial charge < -0.3 is 5.32 Å². The van der Waals surface area contributed by atoms with Crippen LogP contribution in [-0.2, 0) is 17.9 Å². The first kappa shape index (κ1) is 22.1. The molecule has 1 N–H and O–H groups in total. The number of para-hydroxylation sites is 1. The van der Waals surface area contributed by atoms with Crippen molar-refractivity contribution in [3.63, 3.8) is 0 Å². The fourth-order valence-electron chi connectivity index (χ4n) is 4.80. The lowest BCUT2D eigenvalue weighted by Gasteiger charge is -2.22. The van der Waals surface area contributed by atoms with Crippen LogP contribution in [0.1, 0.15) is 49.7 Å². The molecule has 1 fully saturated rings. The molecule has 4 aromatic rings. The van der Waals surface area contributed by atoms with Crippen molar-refractivity contribution in [3.8, 4) is 0 Å². The summed E-state index contributed by atoms with van der Waals surface area (Å²) < 4.78 is 4.31. The summed E-state index contributed by atoms with van der Waals surface area (Å²) in [6.07, 6.45) is 5.66. The van der Waals surface area contributed by atoms with E-state index < -0.39 is 0 Å². The van der Waals surface area contributed by atoms with Gasteiger partial charge in [0.25, 0.3) is 5.56 Å². The predicted octanol–water partition coefficient (Wildman–Crippen LogP) is 3.01. The summed E-state index contributed by atoms with van der Waals surface area (Å²) in [6, 6.07) is 15.2. The van der Waals surface area contributed by atoms with Crippen LogP contribution in [0.4, 0.5) is 0 Å². The molecule has 8 nitrogen and oxygen atoms in total. The highest BCUT2D eigenvalue weighted by molar-refractivity contribution is 5.80. The first-order valence-corrected chi connectivity index (χ1v) is 12.0. The van der Waals surface area contributed by atoms with Crippen LogP contribution < -0.4 is 16.6 Å². The predicted molar refractivity (Wildman–Crippen MR) is 131 cm³/mol. The Balaban J connectivity index is 1.51. The first-order valence-electron chi connectivity index (χ1n) is 12.0. The van der Waals surface area contributed by atoms with E-state index in [-0.39, 0.29) is 41.9 Å². The van der Waals surface area contributed by atoms with Crippen LogP contribution in [0.2, 0.25) is 0 Å². The molecule has 2 heterocycles. The van der Waals surface area contributed by atoms with E-state index in [4.69, 9.17) is 0 Å². The summed E-state index contributed by atoms with van der Waals surface area (Å²) in [6.45, 7) is 2.47. The second-order valence-electron chi connectivity index (χ2n) is 9.19. The number of nitrogens with one attached hydrogen (secondary N) is 1. The second-order valence-corrected chi connectivity index (χ2v) is 9.19. The average Bonchev–Trinajstić information content (AvgIpc) is 3.17. The Labute approximate surface area is 196 Å². The molecular weight excluding hydrogens is 430 g/mol. The first-order chi connectivity index (χ1) is 16.5. The van der Waals surface area contributed by atoms with E-state index in [9.17, 15) is 14.4 Å². The number of carbonyl (C=O) groups excluding carboxylic acids is 1. The third-order valence-electron chi connectivity index (χ3n) is 6.67. The van der Waals surface area contributed by atoms with Crippen LogP contribution >= 0.6 is 0 Å². The van der Waals surface area contributed by atoms with Gasteiger partial charge in [0.1, 0.15) is 0 Å². The number of hydrogen-bond acceptors (Lipinski definition) is 4. The molecule has 176 valence electrons. The van der Waals surface area contributed by atoms with Crippen molar-refractivity contribution in [1.82, 2.24) is 24.1 Å². The Bertz CT molecular complexity index is 1460. The maximum Gasteiger partial charge on any atom is 0.352 e. The van der Waals surface area contributed by atoms with Crippen LogP contribution in [0.5, 0.6) is 0 Å². The van der Waals surface area contributed by atoms with Crippen molar-refractivity contribution in [2.24, 2.45) is 0 Å². The van der Waals surface area contributed by atoms with Gasteiger partial charge in [0.2, 0.25) is 11.7 Å². The third kappa shape index (κ3) is 4.27. The number of aromatic nitrogens is 4. The molecule has 1 aliphatic rings. The lowest BCUT2D eigenvalue weighted by molar-refractivity contribution is -0.122. The second kappa shape index (κ2) is 9.29. The van der Waals surface area contributed by atoms with Gasteiger partial charge in [-0.2, -0.15) is 0 Å². The Morgan fingerprint density at radius 3 is 2.53 bits per heavy atom. The largest absolute Gasteiger partial charge is 0.353 e. The highest BCUT2D eigenvalue weighted by Gasteiger charge is 2.19. The van der Waals surface area contributed by atoms with E-state index in [1.165, 1.54) is 20.1 Å². The smallest absolute Gasteiger partial charge is 0.352 e. The van der Waals surface area contributed by atoms with E-state index >= 15 is 0 Å². The molecular formula is C26H29N5O3. The van der Waals surface area contributed by atoms with E-state index in [1.54, 1.807) is 24.3 Å². The van der Waals surface area contributed by atoms with Crippen LogP contribution in [0.25, 0.3) is 16.7 Å². The molecule has 2 aromatic carbocycles. The Morgan fingerprint density at radius 1 is 1.03 bits per heavy atom. The van der Waals surface area contributed by atoms with Gasteiger partial charge in [-0.25, -0.2) is 13.9 Å². The quantitative estimate of drug-likeness (QED) is 0.480. The standard InChI is InChI=1S/C26H29N5O3/c1-18-11-13-19(14-12-18)17-30-26(34)31-22-10-6-5-9-21(22)24(33)29(25(31)28-30)16-15-23(32)27-20-7-3-2-4-8-20/h5-6,9-14,20H,2-4,7-8,15-17H2,1H3,(H,27,32). The summed E-state index contributed by atoms with van der Waals surface area (Å²) in [7, 11) is 0. The summed E-state index contributed by atoms with van der Waals surface area (Å²) >= 11 is 0. The lowest BCUT2D eigenvalue weighted by atomic mass is 9.95. The van der Waals surface area contributed by atoms with Crippen molar-refractivity contribution in [2.75, 3.05) is 0 Å². The van der Waals surface area contributed by atoms with E-state index in [0.717, 1.165) is 36.8 Å².